The maximum atomic E-state index is 11.6. The molecule has 15 heavy (non-hydrogen) atoms. The van der Waals surface area contributed by atoms with Crippen LogP contribution in [0.2, 0.25) is 0 Å². The van der Waals surface area contributed by atoms with Crippen LogP contribution < -0.4 is 5.32 Å². The van der Waals surface area contributed by atoms with Crippen molar-refractivity contribution in [2.75, 3.05) is 31.9 Å². The van der Waals surface area contributed by atoms with Gasteiger partial charge in [0.2, 0.25) is 10.0 Å². The molecule has 1 aliphatic rings. The summed E-state index contributed by atoms with van der Waals surface area (Å²) in [6, 6.07) is 0. The number of aliphatic hydroxyl groups is 1. The van der Waals surface area contributed by atoms with Crippen LogP contribution in [-0.2, 0) is 10.0 Å². The second kappa shape index (κ2) is 5.79. The first kappa shape index (κ1) is 12.9. The van der Waals surface area contributed by atoms with Crippen LogP contribution in [0.3, 0.4) is 0 Å². The molecule has 0 aromatic heterocycles. The molecule has 0 aromatic carbocycles. The Labute approximate surface area is 91.5 Å². The lowest BCUT2D eigenvalue weighted by Gasteiger charge is -2.26. The lowest BCUT2D eigenvalue weighted by atomic mass is 10.3. The maximum Gasteiger partial charge on any atom is 0.214 e. The van der Waals surface area contributed by atoms with Crippen LogP contribution in [0, 0.1) is 0 Å². The molecule has 1 rings (SSSR count). The van der Waals surface area contributed by atoms with E-state index in [9.17, 15) is 8.42 Å². The van der Waals surface area contributed by atoms with Gasteiger partial charge in [-0.25, -0.2) is 12.7 Å². The van der Waals surface area contributed by atoms with Crippen molar-refractivity contribution in [1.29, 1.82) is 0 Å². The van der Waals surface area contributed by atoms with Crippen molar-refractivity contribution in [2.45, 2.75) is 25.9 Å². The summed E-state index contributed by atoms with van der Waals surface area (Å²) in [7, 11) is -2.99. The van der Waals surface area contributed by atoms with E-state index in [0.29, 0.717) is 26.2 Å². The van der Waals surface area contributed by atoms with Gasteiger partial charge in [0.15, 0.2) is 0 Å². The van der Waals surface area contributed by atoms with Crippen LogP contribution in [0.25, 0.3) is 0 Å². The summed E-state index contributed by atoms with van der Waals surface area (Å²) in [5, 5.41) is 12.0. The molecule has 0 aliphatic carbocycles. The van der Waals surface area contributed by atoms with Crippen LogP contribution in [0.5, 0.6) is 0 Å². The minimum atomic E-state index is -2.99. The van der Waals surface area contributed by atoms with Crippen LogP contribution in [-0.4, -0.2) is 55.9 Å². The zero-order valence-corrected chi connectivity index (χ0v) is 9.96. The molecule has 0 spiro atoms. The first-order valence-electron chi connectivity index (χ1n) is 5.39. The predicted molar refractivity (Wildman–Crippen MR) is 59.1 cm³/mol. The molecule has 90 valence electrons. The third-order valence-electron chi connectivity index (χ3n) is 2.43. The number of hydrogen-bond acceptors (Lipinski definition) is 4. The SMILES string of the molecule is CC(O)CNCCN1CCCCS1(=O)=O. The van der Waals surface area contributed by atoms with Gasteiger partial charge in [0.05, 0.1) is 11.9 Å². The summed E-state index contributed by atoms with van der Waals surface area (Å²) in [5.74, 6) is 0.281. The standard InChI is InChI=1S/C9H20N2O3S/c1-9(12)8-10-4-6-11-5-2-3-7-15(11,13)14/h9-10,12H,2-8H2,1H3. The molecular weight excluding hydrogens is 216 g/mol. The zero-order chi connectivity index (χ0) is 11.3. The first-order chi connectivity index (χ1) is 7.02. The van der Waals surface area contributed by atoms with E-state index in [4.69, 9.17) is 5.11 Å². The minimum Gasteiger partial charge on any atom is -0.392 e. The average Bonchev–Trinajstić information content (AvgIpc) is 2.13. The number of nitrogens with one attached hydrogen (secondary N) is 1. The molecule has 0 saturated carbocycles. The van der Waals surface area contributed by atoms with Gasteiger partial charge in [-0.3, -0.25) is 0 Å². The van der Waals surface area contributed by atoms with E-state index < -0.39 is 10.0 Å². The highest BCUT2D eigenvalue weighted by molar-refractivity contribution is 7.89. The molecule has 0 radical (unpaired) electrons. The Hall–Kier alpha value is -0.170. The van der Waals surface area contributed by atoms with Gasteiger partial charge in [-0.2, -0.15) is 0 Å². The van der Waals surface area contributed by atoms with Gasteiger partial charge >= 0.3 is 0 Å². The second-order valence-electron chi connectivity index (χ2n) is 3.98. The largest absolute Gasteiger partial charge is 0.392 e. The molecule has 1 saturated heterocycles. The van der Waals surface area contributed by atoms with E-state index in [2.05, 4.69) is 5.32 Å². The molecule has 1 fully saturated rings. The van der Waals surface area contributed by atoms with Gasteiger partial charge in [0.25, 0.3) is 0 Å². The Morgan fingerprint density at radius 1 is 1.47 bits per heavy atom. The van der Waals surface area contributed by atoms with Crippen LogP contribution in [0.1, 0.15) is 19.8 Å². The van der Waals surface area contributed by atoms with Gasteiger partial charge < -0.3 is 10.4 Å². The van der Waals surface area contributed by atoms with Crippen molar-refractivity contribution in [3.63, 3.8) is 0 Å². The average molecular weight is 236 g/mol. The molecule has 1 unspecified atom stereocenters. The molecule has 0 amide bonds. The summed E-state index contributed by atoms with van der Waals surface area (Å²) < 4.78 is 24.7. The van der Waals surface area contributed by atoms with E-state index in [1.54, 1.807) is 6.92 Å². The van der Waals surface area contributed by atoms with Crippen molar-refractivity contribution in [3.8, 4) is 0 Å². The van der Waals surface area contributed by atoms with Gasteiger partial charge in [-0.05, 0) is 19.8 Å². The molecule has 2 N–H and O–H groups in total. The van der Waals surface area contributed by atoms with Crippen molar-refractivity contribution < 1.29 is 13.5 Å². The van der Waals surface area contributed by atoms with E-state index in [-0.39, 0.29) is 11.9 Å². The number of rotatable bonds is 5. The summed E-state index contributed by atoms with van der Waals surface area (Å²) in [6.45, 7) is 3.95. The number of aliphatic hydroxyl groups excluding tert-OH is 1. The smallest absolute Gasteiger partial charge is 0.214 e. The molecule has 6 heteroatoms. The molecular formula is C9H20N2O3S. The number of sulfonamides is 1. The summed E-state index contributed by atoms with van der Waals surface area (Å²) in [5.41, 5.74) is 0. The number of hydrogen-bond donors (Lipinski definition) is 2. The molecule has 0 aromatic rings. The Balaban J connectivity index is 2.25. The molecule has 1 atom stereocenters. The second-order valence-corrected chi connectivity index (χ2v) is 6.06. The fourth-order valence-corrected chi connectivity index (χ4v) is 3.21. The Morgan fingerprint density at radius 2 is 2.20 bits per heavy atom. The molecule has 5 nitrogen and oxygen atoms in total. The normalized spacial score (nSPS) is 23.9. The van der Waals surface area contributed by atoms with Crippen LogP contribution in [0.4, 0.5) is 0 Å². The highest BCUT2D eigenvalue weighted by atomic mass is 32.2. The molecule has 1 heterocycles. The third kappa shape index (κ3) is 4.46. The topological polar surface area (TPSA) is 69.6 Å². The van der Waals surface area contributed by atoms with Crippen molar-refractivity contribution in [2.24, 2.45) is 0 Å². The fraction of sp³-hybridized carbons (Fsp3) is 1.00. The Bertz CT molecular complexity index is 277. The predicted octanol–water partition coefficient (Wildman–Crippen LogP) is -0.618. The van der Waals surface area contributed by atoms with Crippen molar-refractivity contribution in [3.05, 3.63) is 0 Å². The van der Waals surface area contributed by atoms with E-state index in [1.165, 1.54) is 4.31 Å². The van der Waals surface area contributed by atoms with Gasteiger partial charge in [-0.15, -0.1) is 0 Å². The zero-order valence-electron chi connectivity index (χ0n) is 9.15. The summed E-state index contributed by atoms with van der Waals surface area (Å²) in [4.78, 5) is 0. The number of nitrogens with zero attached hydrogens (tertiary/aromatic N) is 1. The van der Waals surface area contributed by atoms with Crippen LogP contribution >= 0.6 is 0 Å². The highest BCUT2D eigenvalue weighted by Gasteiger charge is 2.24. The van der Waals surface area contributed by atoms with Gasteiger partial charge in [0.1, 0.15) is 0 Å². The molecule has 0 bridgehead atoms. The van der Waals surface area contributed by atoms with Crippen molar-refractivity contribution in [1.82, 2.24) is 9.62 Å². The quantitative estimate of drug-likeness (QED) is 0.624. The Morgan fingerprint density at radius 3 is 2.80 bits per heavy atom. The highest BCUT2D eigenvalue weighted by Crippen LogP contribution is 2.12. The lowest BCUT2D eigenvalue weighted by Crippen LogP contribution is -2.42. The maximum absolute atomic E-state index is 11.6. The first-order valence-corrected chi connectivity index (χ1v) is 7.00. The third-order valence-corrected chi connectivity index (χ3v) is 4.39. The van der Waals surface area contributed by atoms with E-state index in [0.717, 1.165) is 12.8 Å². The van der Waals surface area contributed by atoms with Gasteiger partial charge in [-0.1, -0.05) is 0 Å². The Kier molecular flexibility index (Phi) is 4.98. The lowest BCUT2D eigenvalue weighted by molar-refractivity contribution is 0.190. The van der Waals surface area contributed by atoms with E-state index in [1.807, 2.05) is 0 Å². The minimum absolute atomic E-state index is 0.281. The van der Waals surface area contributed by atoms with Crippen molar-refractivity contribution >= 4 is 10.0 Å². The molecule has 1 aliphatic heterocycles. The summed E-state index contributed by atoms with van der Waals surface area (Å²) >= 11 is 0. The van der Waals surface area contributed by atoms with Gasteiger partial charge in [0, 0.05) is 26.2 Å². The summed E-state index contributed by atoms with van der Waals surface area (Å²) in [6.07, 6.45) is 1.35. The monoisotopic (exact) mass is 236 g/mol. The van der Waals surface area contributed by atoms with E-state index >= 15 is 0 Å². The van der Waals surface area contributed by atoms with Crippen LogP contribution in [0.15, 0.2) is 0 Å². The fourth-order valence-electron chi connectivity index (χ4n) is 1.61.